The zero-order chi connectivity index (χ0) is 38.3. The van der Waals surface area contributed by atoms with E-state index < -0.39 is 35.9 Å². The summed E-state index contributed by atoms with van der Waals surface area (Å²) in [6, 6.07) is 5.36. The maximum absolute atomic E-state index is 13.7. The van der Waals surface area contributed by atoms with Crippen molar-refractivity contribution in [1.29, 1.82) is 0 Å². The van der Waals surface area contributed by atoms with Gasteiger partial charge < -0.3 is 20.3 Å². The summed E-state index contributed by atoms with van der Waals surface area (Å²) in [6.07, 6.45) is 3.87. The molecule has 3 aliphatic heterocycles. The van der Waals surface area contributed by atoms with Gasteiger partial charge in [-0.2, -0.15) is 0 Å². The van der Waals surface area contributed by atoms with Gasteiger partial charge in [0.25, 0.3) is 0 Å². The molecule has 11 heteroatoms. The number of hydrogen-bond donors (Lipinski definition) is 2. The third-order valence-electron chi connectivity index (χ3n) is 11.1. The van der Waals surface area contributed by atoms with Gasteiger partial charge in [-0.05, 0) is 82.1 Å². The fourth-order valence-electron chi connectivity index (χ4n) is 7.47. The molecule has 1 aromatic rings. The van der Waals surface area contributed by atoms with Crippen LogP contribution in [0.3, 0.4) is 0 Å². The number of nitrogens with one attached hydrogen (secondary N) is 2. The minimum atomic E-state index is -0.950. The van der Waals surface area contributed by atoms with Crippen LogP contribution in [0.25, 0.3) is 0 Å². The van der Waals surface area contributed by atoms with E-state index in [1.165, 1.54) is 4.90 Å². The van der Waals surface area contributed by atoms with Crippen molar-refractivity contribution in [2.24, 2.45) is 34.1 Å². The van der Waals surface area contributed by atoms with E-state index in [0.29, 0.717) is 51.0 Å². The fraction of sp³-hybridized carbons (Fsp3) is 0.707. The maximum Gasteiger partial charge on any atom is 0.329 e. The van der Waals surface area contributed by atoms with Crippen molar-refractivity contribution in [2.75, 3.05) is 12.3 Å². The monoisotopic (exact) mass is 738 g/mol. The van der Waals surface area contributed by atoms with Crippen LogP contribution >= 0.6 is 11.8 Å². The number of cyclic esters (lactones) is 1. The van der Waals surface area contributed by atoms with E-state index in [4.69, 9.17) is 9.73 Å². The van der Waals surface area contributed by atoms with Gasteiger partial charge in [-0.3, -0.25) is 24.2 Å². The van der Waals surface area contributed by atoms with Crippen molar-refractivity contribution in [3.8, 4) is 0 Å². The molecule has 0 saturated carbocycles. The Hall–Kier alpha value is -3.21. The summed E-state index contributed by atoms with van der Waals surface area (Å²) < 4.78 is 6.24. The van der Waals surface area contributed by atoms with E-state index in [1.54, 1.807) is 25.6 Å². The second-order valence-electron chi connectivity index (χ2n) is 16.9. The molecule has 3 heterocycles. The van der Waals surface area contributed by atoms with Crippen LogP contribution in [0, 0.1) is 36.0 Å². The number of carbonyl (C=O) groups excluding carboxylic acids is 5. The number of hydrogen-bond acceptors (Lipinski definition) is 8. The van der Waals surface area contributed by atoms with Crippen LogP contribution in [0.4, 0.5) is 0 Å². The Kier molecular flexibility index (Phi) is 14.6. The number of rotatable bonds is 2. The molecule has 0 aromatic heterocycles. The lowest BCUT2D eigenvalue weighted by atomic mass is 9.80. The van der Waals surface area contributed by atoms with Crippen LogP contribution in [-0.4, -0.2) is 82.0 Å². The molecule has 2 bridgehead atoms. The first-order chi connectivity index (χ1) is 24.4. The molecule has 9 atom stereocenters. The average molecular weight is 739 g/mol. The number of fused-ring (bicyclic) bond motifs is 2. The summed E-state index contributed by atoms with van der Waals surface area (Å²) in [5.41, 5.74) is 1.74. The van der Waals surface area contributed by atoms with Gasteiger partial charge in [0, 0.05) is 37.0 Å². The number of nitrogens with zero attached hydrogens (tertiary/aromatic N) is 2. The molecule has 3 aliphatic rings. The van der Waals surface area contributed by atoms with E-state index in [9.17, 15) is 24.0 Å². The summed E-state index contributed by atoms with van der Waals surface area (Å²) in [7, 11) is 0. The Bertz CT molecular complexity index is 1470. The van der Waals surface area contributed by atoms with E-state index in [0.717, 1.165) is 28.3 Å². The maximum atomic E-state index is 13.7. The van der Waals surface area contributed by atoms with Gasteiger partial charge in [0.2, 0.25) is 17.7 Å². The topological polar surface area (TPSA) is 134 Å². The molecule has 10 nitrogen and oxygen atoms in total. The molecule has 2 N–H and O–H groups in total. The number of ether oxygens (including phenoxy) is 1. The highest BCUT2D eigenvalue weighted by molar-refractivity contribution is 8.14. The third-order valence-corrected chi connectivity index (χ3v) is 12.4. The lowest BCUT2D eigenvalue weighted by Crippen LogP contribution is -2.55. The SMILES string of the molecule is Cc1ccc(C[C@@H]2CC(=O)CC[C@@H]3CSC(=N3)[C@@H](C)[C@@H](C)C[C@H](C)C[C@@H](C(C)(C)C)OC(=O)[C@@H]3CCCN3C(=O)[C@H](C)NC(=O)[C@H](C)NC2=O)cc1. The van der Waals surface area contributed by atoms with Crippen molar-refractivity contribution >= 4 is 46.3 Å². The predicted octanol–water partition coefficient (Wildman–Crippen LogP) is 6.07. The summed E-state index contributed by atoms with van der Waals surface area (Å²) in [4.78, 5) is 74.3. The number of aliphatic imine (C=N–C) groups is 1. The Morgan fingerprint density at radius 2 is 1.58 bits per heavy atom. The van der Waals surface area contributed by atoms with Gasteiger partial charge in [0.15, 0.2) is 0 Å². The van der Waals surface area contributed by atoms with Gasteiger partial charge in [-0.25, -0.2) is 4.79 Å². The highest BCUT2D eigenvalue weighted by atomic mass is 32.2. The number of carbonyl (C=O) groups is 5. The van der Waals surface area contributed by atoms with Crippen molar-refractivity contribution in [3.63, 3.8) is 0 Å². The molecular formula is C41H62N4O6S. The molecule has 1 saturated heterocycles. The first-order valence-corrected chi connectivity index (χ1v) is 20.3. The molecule has 0 unspecified atom stereocenters. The molecule has 3 amide bonds. The molecule has 4 rings (SSSR count). The van der Waals surface area contributed by atoms with Crippen LogP contribution in [0.5, 0.6) is 0 Å². The molecule has 1 aromatic carbocycles. The Balaban J connectivity index is 1.57. The minimum absolute atomic E-state index is 0.00309. The Morgan fingerprint density at radius 3 is 2.25 bits per heavy atom. The summed E-state index contributed by atoms with van der Waals surface area (Å²) >= 11 is 1.78. The van der Waals surface area contributed by atoms with Crippen LogP contribution in [0.1, 0.15) is 111 Å². The first-order valence-electron chi connectivity index (χ1n) is 19.3. The molecule has 0 radical (unpaired) electrons. The standard InChI is InChI=1S/C41H62N4O6S/c1-24-12-14-30(15-13-24)21-31-22-33(46)17-16-32-23-52-38(44-32)27(4)26(3)19-25(2)20-35(41(7,8)9)51-40(50)34-11-10-18-45(34)39(49)29(6)43-36(47)28(5)42-37(31)48/h12-15,25-29,31-32,34-35H,10-11,16-23H2,1-9H3,(H,42,48)(H,43,47)/t25-,26-,27-,28-,29-,31+,32+,34-,35-/m0/s1. The smallest absolute Gasteiger partial charge is 0.329 e. The molecule has 52 heavy (non-hydrogen) atoms. The van der Waals surface area contributed by atoms with Crippen LogP contribution < -0.4 is 10.6 Å². The van der Waals surface area contributed by atoms with Gasteiger partial charge in [-0.15, -0.1) is 11.8 Å². The van der Waals surface area contributed by atoms with Crippen LogP contribution in [0.2, 0.25) is 0 Å². The van der Waals surface area contributed by atoms with Crippen molar-refractivity contribution in [2.45, 2.75) is 144 Å². The third kappa shape index (κ3) is 11.4. The Labute approximate surface area is 315 Å². The summed E-state index contributed by atoms with van der Waals surface area (Å²) in [6.45, 7) is 18.5. The fourth-order valence-corrected chi connectivity index (χ4v) is 8.79. The number of esters is 1. The minimum Gasteiger partial charge on any atom is -0.460 e. The summed E-state index contributed by atoms with van der Waals surface area (Å²) in [5.74, 6) is -0.575. The molecule has 0 aliphatic carbocycles. The first kappa shape index (κ1) is 41.5. The average Bonchev–Trinajstić information content (AvgIpc) is 3.76. The van der Waals surface area contributed by atoms with E-state index in [1.807, 2.05) is 31.2 Å². The van der Waals surface area contributed by atoms with Crippen molar-refractivity contribution in [3.05, 3.63) is 35.4 Å². The summed E-state index contributed by atoms with van der Waals surface area (Å²) in [5, 5.41) is 6.68. The van der Waals surface area contributed by atoms with E-state index >= 15 is 0 Å². The molecule has 288 valence electrons. The normalized spacial score (nSPS) is 32.6. The molecule has 1 fully saturated rings. The number of benzene rings is 1. The number of ketones is 1. The molecule has 0 spiro atoms. The zero-order valence-electron chi connectivity index (χ0n) is 32.8. The molecular weight excluding hydrogens is 677 g/mol. The van der Waals surface area contributed by atoms with E-state index in [2.05, 4.69) is 52.2 Å². The quantitative estimate of drug-likeness (QED) is 0.352. The van der Waals surface area contributed by atoms with Crippen molar-refractivity contribution in [1.82, 2.24) is 15.5 Å². The number of amides is 3. The lowest BCUT2D eigenvalue weighted by molar-refractivity contribution is -0.164. The number of thioether (sulfide) groups is 1. The van der Waals surface area contributed by atoms with Gasteiger partial charge >= 0.3 is 5.97 Å². The second-order valence-corrected chi connectivity index (χ2v) is 17.9. The van der Waals surface area contributed by atoms with Crippen molar-refractivity contribution < 1.29 is 28.7 Å². The number of Topliss-reactive ketones (excluding diaryl/α,β-unsaturated/α-hetero) is 1. The predicted molar refractivity (Wildman–Crippen MR) is 207 cm³/mol. The van der Waals surface area contributed by atoms with Gasteiger partial charge in [-0.1, -0.05) is 71.4 Å². The number of aryl methyl sites for hydroxylation is 1. The largest absolute Gasteiger partial charge is 0.460 e. The zero-order valence-corrected chi connectivity index (χ0v) is 33.6. The Morgan fingerprint density at radius 1 is 0.904 bits per heavy atom. The highest BCUT2D eigenvalue weighted by Crippen LogP contribution is 2.35. The van der Waals surface area contributed by atoms with Gasteiger partial charge in [0.05, 0.1) is 11.1 Å². The lowest BCUT2D eigenvalue weighted by Gasteiger charge is -2.35. The van der Waals surface area contributed by atoms with Crippen LogP contribution in [-0.2, 0) is 35.1 Å². The van der Waals surface area contributed by atoms with Gasteiger partial charge in [0.1, 0.15) is 30.0 Å². The van der Waals surface area contributed by atoms with Crippen LogP contribution in [0.15, 0.2) is 29.3 Å². The second kappa shape index (κ2) is 18.2. The highest BCUT2D eigenvalue weighted by Gasteiger charge is 2.41. The van der Waals surface area contributed by atoms with E-state index in [-0.39, 0.29) is 53.4 Å².